The van der Waals surface area contributed by atoms with Crippen molar-refractivity contribution in [3.63, 3.8) is 0 Å². The highest BCUT2D eigenvalue weighted by molar-refractivity contribution is 5.43. The zero-order valence-corrected chi connectivity index (χ0v) is 15.0. The van der Waals surface area contributed by atoms with Crippen molar-refractivity contribution < 1.29 is 0 Å². The van der Waals surface area contributed by atoms with Gasteiger partial charge in [-0.15, -0.1) is 0 Å². The molecule has 0 amide bonds. The van der Waals surface area contributed by atoms with Crippen molar-refractivity contribution in [3.8, 4) is 5.82 Å². The van der Waals surface area contributed by atoms with Gasteiger partial charge in [-0.05, 0) is 25.8 Å². The number of piperidine rings is 1. The summed E-state index contributed by atoms with van der Waals surface area (Å²) in [6, 6.07) is 2.07. The van der Waals surface area contributed by atoms with Gasteiger partial charge in [-0.3, -0.25) is 4.57 Å². The monoisotopic (exact) mass is 341 g/mol. The Morgan fingerprint density at radius 1 is 1.08 bits per heavy atom. The second-order valence-electron chi connectivity index (χ2n) is 7.26. The molecule has 0 saturated carbocycles. The first-order valence-corrected chi connectivity index (χ1v) is 9.24. The predicted octanol–water partition coefficient (Wildman–Crippen LogP) is 1.13. The summed E-state index contributed by atoms with van der Waals surface area (Å²) >= 11 is 0. The maximum Gasteiger partial charge on any atom is 0.143 e. The lowest BCUT2D eigenvalue weighted by atomic mass is 9.97. The third kappa shape index (κ3) is 3.99. The average Bonchev–Trinajstić information content (AvgIpc) is 3.19. The van der Waals surface area contributed by atoms with Crippen molar-refractivity contribution in [2.24, 2.45) is 5.92 Å². The molecular formula is C18H27N7. The van der Waals surface area contributed by atoms with Crippen molar-refractivity contribution in [1.29, 1.82) is 0 Å². The van der Waals surface area contributed by atoms with Crippen molar-refractivity contribution in [3.05, 3.63) is 31.1 Å². The molecule has 4 heterocycles. The molecule has 2 aromatic heterocycles. The number of hydrogen-bond donors (Lipinski definition) is 0. The van der Waals surface area contributed by atoms with Gasteiger partial charge < -0.3 is 14.7 Å². The maximum absolute atomic E-state index is 4.52. The Kier molecular flexibility index (Phi) is 4.94. The molecule has 2 saturated heterocycles. The van der Waals surface area contributed by atoms with Crippen LogP contribution in [0.4, 0.5) is 5.82 Å². The first kappa shape index (κ1) is 16.5. The number of nitrogens with zero attached hydrogens (tertiary/aromatic N) is 7. The molecule has 0 spiro atoms. The van der Waals surface area contributed by atoms with Crippen LogP contribution in [-0.4, -0.2) is 82.2 Å². The number of imidazole rings is 1. The van der Waals surface area contributed by atoms with E-state index in [2.05, 4.69) is 42.8 Å². The first-order chi connectivity index (χ1) is 12.3. The lowest BCUT2D eigenvalue weighted by molar-refractivity contribution is 0.131. The summed E-state index contributed by atoms with van der Waals surface area (Å²) in [6.45, 7) is 8.17. The molecule has 25 heavy (non-hydrogen) atoms. The van der Waals surface area contributed by atoms with Gasteiger partial charge in [0.1, 0.15) is 24.3 Å². The van der Waals surface area contributed by atoms with Crippen LogP contribution in [0.5, 0.6) is 0 Å². The van der Waals surface area contributed by atoms with E-state index in [4.69, 9.17) is 0 Å². The van der Waals surface area contributed by atoms with Gasteiger partial charge in [-0.1, -0.05) is 0 Å². The van der Waals surface area contributed by atoms with E-state index in [-0.39, 0.29) is 0 Å². The minimum atomic E-state index is 0.726. The summed E-state index contributed by atoms with van der Waals surface area (Å²) < 4.78 is 1.93. The van der Waals surface area contributed by atoms with Crippen LogP contribution in [-0.2, 0) is 0 Å². The Balaban J connectivity index is 1.40. The number of aromatic nitrogens is 4. The van der Waals surface area contributed by atoms with Gasteiger partial charge in [-0.2, -0.15) is 0 Å². The zero-order chi connectivity index (χ0) is 17.1. The van der Waals surface area contributed by atoms with Crippen LogP contribution in [0.3, 0.4) is 0 Å². The molecule has 0 radical (unpaired) electrons. The van der Waals surface area contributed by atoms with Gasteiger partial charge in [0.05, 0.1) is 0 Å². The van der Waals surface area contributed by atoms with E-state index >= 15 is 0 Å². The quantitative estimate of drug-likeness (QED) is 0.831. The SMILES string of the molecule is CN1CCN(C[C@H]2CCCN(c3cc(-n4ccnc4)ncn3)C2)CC1. The lowest BCUT2D eigenvalue weighted by Gasteiger charge is -2.38. The van der Waals surface area contributed by atoms with Crippen LogP contribution in [0, 0.1) is 5.92 Å². The first-order valence-electron chi connectivity index (χ1n) is 9.24. The fourth-order valence-electron chi connectivity index (χ4n) is 3.86. The summed E-state index contributed by atoms with van der Waals surface area (Å²) in [5, 5.41) is 0. The second-order valence-corrected chi connectivity index (χ2v) is 7.26. The molecule has 2 fully saturated rings. The number of piperazine rings is 1. The smallest absolute Gasteiger partial charge is 0.143 e. The molecule has 0 bridgehead atoms. The largest absolute Gasteiger partial charge is 0.356 e. The summed E-state index contributed by atoms with van der Waals surface area (Å²) in [5.41, 5.74) is 0. The van der Waals surface area contributed by atoms with E-state index in [1.165, 1.54) is 45.6 Å². The van der Waals surface area contributed by atoms with Gasteiger partial charge in [0, 0.05) is 64.3 Å². The van der Waals surface area contributed by atoms with E-state index in [9.17, 15) is 0 Å². The number of rotatable bonds is 4. The molecule has 0 N–H and O–H groups in total. The Labute approximate surface area is 149 Å². The summed E-state index contributed by atoms with van der Waals surface area (Å²) in [4.78, 5) is 20.5. The van der Waals surface area contributed by atoms with Crippen LogP contribution in [0.1, 0.15) is 12.8 Å². The molecule has 0 aromatic carbocycles. The minimum absolute atomic E-state index is 0.726. The lowest BCUT2D eigenvalue weighted by Crippen LogP contribution is -2.48. The van der Waals surface area contributed by atoms with Crippen LogP contribution < -0.4 is 4.90 Å². The van der Waals surface area contributed by atoms with Crippen molar-refractivity contribution in [1.82, 2.24) is 29.3 Å². The van der Waals surface area contributed by atoms with Gasteiger partial charge in [-0.25, -0.2) is 15.0 Å². The van der Waals surface area contributed by atoms with Crippen molar-refractivity contribution >= 4 is 5.82 Å². The van der Waals surface area contributed by atoms with E-state index in [1.807, 2.05) is 10.8 Å². The molecule has 4 rings (SSSR count). The normalized spacial score (nSPS) is 23.1. The molecule has 0 aliphatic carbocycles. The van der Waals surface area contributed by atoms with E-state index in [0.717, 1.165) is 30.6 Å². The van der Waals surface area contributed by atoms with E-state index < -0.39 is 0 Å². The summed E-state index contributed by atoms with van der Waals surface area (Å²) in [6.07, 6.45) is 9.69. The maximum atomic E-state index is 4.52. The van der Waals surface area contributed by atoms with E-state index in [0.29, 0.717) is 0 Å². The Bertz CT molecular complexity index is 664. The predicted molar refractivity (Wildman–Crippen MR) is 98.0 cm³/mol. The van der Waals surface area contributed by atoms with Crippen LogP contribution in [0.25, 0.3) is 5.82 Å². The minimum Gasteiger partial charge on any atom is -0.356 e. The fourth-order valence-corrected chi connectivity index (χ4v) is 3.86. The summed E-state index contributed by atoms with van der Waals surface area (Å²) in [7, 11) is 2.21. The highest BCUT2D eigenvalue weighted by atomic mass is 15.3. The molecule has 1 atom stereocenters. The molecule has 7 nitrogen and oxygen atoms in total. The third-order valence-electron chi connectivity index (χ3n) is 5.36. The van der Waals surface area contributed by atoms with Crippen LogP contribution >= 0.6 is 0 Å². The number of likely N-dealkylation sites (N-methyl/N-ethyl adjacent to an activating group) is 1. The number of anilines is 1. The second kappa shape index (κ2) is 7.49. The fraction of sp³-hybridized carbons (Fsp3) is 0.611. The van der Waals surface area contributed by atoms with Gasteiger partial charge in [0.25, 0.3) is 0 Å². The molecule has 134 valence electrons. The third-order valence-corrected chi connectivity index (χ3v) is 5.36. The Morgan fingerprint density at radius 2 is 1.92 bits per heavy atom. The average molecular weight is 341 g/mol. The summed E-state index contributed by atoms with van der Waals surface area (Å²) in [5.74, 6) is 2.63. The Hall–Kier alpha value is -1.99. The highest BCUT2D eigenvalue weighted by Gasteiger charge is 2.24. The Morgan fingerprint density at radius 3 is 2.72 bits per heavy atom. The van der Waals surface area contributed by atoms with Crippen LogP contribution in [0.2, 0.25) is 0 Å². The van der Waals surface area contributed by atoms with Crippen molar-refractivity contribution in [2.45, 2.75) is 12.8 Å². The standard InChI is InChI=1S/C18H27N7/c1-22-7-9-23(10-8-22)12-16-3-2-5-24(13-16)17-11-18(21-14-20-17)25-6-4-19-15-25/h4,6,11,14-16H,2-3,5,7-10,12-13H2,1H3/t16-/m1/s1. The molecular weight excluding hydrogens is 314 g/mol. The van der Waals surface area contributed by atoms with Crippen molar-refractivity contribution in [2.75, 3.05) is 57.8 Å². The van der Waals surface area contributed by atoms with Gasteiger partial charge in [0.15, 0.2) is 0 Å². The van der Waals surface area contributed by atoms with E-state index in [1.54, 1.807) is 18.9 Å². The van der Waals surface area contributed by atoms with Gasteiger partial charge in [0.2, 0.25) is 0 Å². The molecule has 7 heteroatoms. The van der Waals surface area contributed by atoms with Crippen LogP contribution in [0.15, 0.2) is 31.1 Å². The molecule has 0 unspecified atom stereocenters. The van der Waals surface area contributed by atoms with Gasteiger partial charge >= 0.3 is 0 Å². The molecule has 2 aliphatic heterocycles. The highest BCUT2D eigenvalue weighted by Crippen LogP contribution is 2.23. The molecule has 2 aromatic rings. The topological polar surface area (TPSA) is 53.3 Å². The zero-order valence-electron chi connectivity index (χ0n) is 15.0. The molecule has 2 aliphatic rings. The number of hydrogen-bond acceptors (Lipinski definition) is 6.